The minimum absolute atomic E-state index is 0.191. The predicted molar refractivity (Wildman–Crippen MR) is 107 cm³/mol. The van der Waals surface area contributed by atoms with Gasteiger partial charge in [-0.05, 0) is 50.3 Å². The number of fused-ring (bicyclic) bond motifs is 1. The second-order valence-electron chi connectivity index (χ2n) is 7.94. The van der Waals surface area contributed by atoms with Gasteiger partial charge in [0, 0.05) is 6.04 Å². The van der Waals surface area contributed by atoms with Crippen molar-refractivity contribution < 1.29 is 4.79 Å². The number of para-hydroxylation sites is 1. The standard InChI is InChI=1S/C21H29N3OS/c1-15-8-2-3-9-16(15)22-20(25)14-24-13-7-6-11-18(24)21-23-17-10-4-5-12-19(17)26-21/h4-5,10,12,15-16,18H,2-3,6-9,11,13-14H2,1H3,(H,22,25)/t15-,16+,18-/m1/s1. The highest BCUT2D eigenvalue weighted by Crippen LogP contribution is 2.35. The fraction of sp³-hybridized carbons (Fsp3) is 0.619. The van der Waals surface area contributed by atoms with Crippen molar-refractivity contribution in [3.8, 4) is 0 Å². The third-order valence-corrected chi connectivity index (χ3v) is 7.15. The summed E-state index contributed by atoms with van der Waals surface area (Å²) in [4.78, 5) is 19.9. The van der Waals surface area contributed by atoms with Crippen LogP contribution in [0.4, 0.5) is 0 Å². The molecule has 0 radical (unpaired) electrons. The van der Waals surface area contributed by atoms with E-state index in [0.717, 1.165) is 24.9 Å². The second kappa shape index (κ2) is 8.05. The van der Waals surface area contributed by atoms with Gasteiger partial charge in [-0.1, -0.05) is 38.3 Å². The molecule has 2 aromatic rings. The van der Waals surface area contributed by atoms with Gasteiger partial charge in [0.25, 0.3) is 0 Å². The minimum Gasteiger partial charge on any atom is -0.352 e. The lowest BCUT2D eigenvalue weighted by atomic mass is 9.86. The summed E-state index contributed by atoms with van der Waals surface area (Å²) in [5.41, 5.74) is 1.08. The number of thiazole rings is 1. The van der Waals surface area contributed by atoms with Crippen LogP contribution < -0.4 is 5.32 Å². The Hall–Kier alpha value is -1.46. The molecule has 1 N–H and O–H groups in total. The second-order valence-corrected chi connectivity index (χ2v) is 9.00. The van der Waals surface area contributed by atoms with Crippen LogP contribution in [0.25, 0.3) is 10.2 Å². The number of piperidine rings is 1. The van der Waals surface area contributed by atoms with Crippen molar-refractivity contribution in [3.05, 3.63) is 29.3 Å². The van der Waals surface area contributed by atoms with E-state index in [9.17, 15) is 4.79 Å². The summed E-state index contributed by atoms with van der Waals surface area (Å²) in [5, 5.41) is 4.49. The first-order chi connectivity index (χ1) is 12.7. The minimum atomic E-state index is 0.191. The largest absolute Gasteiger partial charge is 0.352 e. The molecule has 1 saturated heterocycles. The van der Waals surface area contributed by atoms with E-state index in [1.54, 1.807) is 11.3 Å². The molecule has 26 heavy (non-hydrogen) atoms. The van der Waals surface area contributed by atoms with E-state index in [-0.39, 0.29) is 11.9 Å². The summed E-state index contributed by atoms with van der Waals surface area (Å²) in [6.45, 7) is 3.77. The Labute approximate surface area is 160 Å². The van der Waals surface area contributed by atoms with Crippen LogP contribution in [0.1, 0.15) is 62.9 Å². The molecule has 0 bridgehead atoms. The zero-order chi connectivity index (χ0) is 17.9. The third kappa shape index (κ3) is 3.94. The maximum absolute atomic E-state index is 12.7. The molecular formula is C21H29N3OS. The van der Waals surface area contributed by atoms with E-state index >= 15 is 0 Å². The van der Waals surface area contributed by atoms with Gasteiger partial charge < -0.3 is 5.32 Å². The van der Waals surface area contributed by atoms with E-state index in [4.69, 9.17) is 4.98 Å². The van der Waals surface area contributed by atoms with Gasteiger partial charge in [0.1, 0.15) is 5.01 Å². The van der Waals surface area contributed by atoms with E-state index in [0.29, 0.717) is 18.5 Å². The van der Waals surface area contributed by atoms with Crippen LogP contribution >= 0.6 is 11.3 Å². The molecule has 140 valence electrons. The average molecular weight is 372 g/mol. The van der Waals surface area contributed by atoms with Gasteiger partial charge in [0.2, 0.25) is 5.91 Å². The number of rotatable bonds is 4. The van der Waals surface area contributed by atoms with E-state index < -0.39 is 0 Å². The molecule has 4 rings (SSSR count). The number of hydrogen-bond acceptors (Lipinski definition) is 4. The molecule has 2 aliphatic rings. The summed E-state index contributed by atoms with van der Waals surface area (Å²) in [5.74, 6) is 0.797. The van der Waals surface area contributed by atoms with E-state index in [1.165, 1.54) is 41.8 Å². The van der Waals surface area contributed by atoms with Gasteiger partial charge in [0.15, 0.2) is 0 Å². The third-order valence-electron chi connectivity index (χ3n) is 6.01. The first-order valence-electron chi connectivity index (χ1n) is 10.1. The van der Waals surface area contributed by atoms with Gasteiger partial charge in [-0.2, -0.15) is 0 Å². The number of amides is 1. The molecule has 1 amide bonds. The number of benzene rings is 1. The summed E-state index contributed by atoms with van der Waals surface area (Å²) in [7, 11) is 0. The summed E-state index contributed by atoms with van der Waals surface area (Å²) < 4.78 is 1.24. The van der Waals surface area contributed by atoms with Crippen LogP contribution in [-0.2, 0) is 4.79 Å². The Balaban J connectivity index is 1.44. The normalized spacial score (nSPS) is 27.5. The average Bonchev–Trinajstić information content (AvgIpc) is 3.08. The number of carbonyl (C=O) groups excluding carboxylic acids is 1. The number of likely N-dealkylation sites (tertiary alicyclic amines) is 1. The molecule has 1 aromatic heterocycles. The number of aromatic nitrogens is 1. The zero-order valence-electron chi connectivity index (χ0n) is 15.6. The fourth-order valence-corrected chi connectivity index (χ4v) is 5.60. The van der Waals surface area contributed by atoms with Gasteiger partial charge in [-0.3, -0.25) is 9.69 Å². The van der Waals surface area contributed by atoms with Crippen molar-refractivity contribution in [2.75, 3.05) is 13.1 Å². The van der Waals surface area contributed by atoms with Crippen molar-refractivity contribution in [1.29, 1.82) is 0 Å². The molecule has 1 aromatic carbocycles. The lowest BCUT2D eigenvalue weighted by molar-refractivity contribution is -0.124. The molecule has 3 atom stereocenters. The van der Waals surface area contributed by atoms with Gasteiger partial charge in [-0.25, -0.2) is 4.98 Å². The maximum atomic E-state index is 12.7. The van der Waals surface area contributed by atoms with Gasteiger partial charge in [0.05, 0.1) is 22.8 Å². The van der Waals surface area contributed by atoms with Crippen molar-refractivity contribution in [3.63, 3.8) is 0 Å². The Kier molecular flexibility index (Phi) is 5.55. The monoisotopic (exact) mass is 371 g/mol. The molecule has 4 nitrogen and oxygen atoms in total. The highest BCUT2D eigenvalue weighted by molar-refractivity contribution is 7.18. The first kappa shape index (κ1) is 17.9. The number of carbonyl (C=O) groups is 1. The molecule has 1 aliphatic heterocycles. The quantitative estimate of drug-likeness (QED) is 0.859. The van der Waals surface area contributed by atoms with Crippen molar-refractivity contribution >= 4 is 27.5 Å². The molecule has 2 fully saturated rings. The van der Waals surface area contributed by atoms with E-state index in [1.807, 2.05) is 6.07 Å². The molecule has 1 saturated carbocycles. The van der Waals surface area contributed by atoms with Crippen LogP contribution in [0.15, 0.2) is 24.3 Å². The predicted octanol–water partition coefficient (Wildman–Crippen LogP) is 4.52. The zero-order valence-corrected chi connectivity index (χ0v) is 16.4. The molecular weight excluding hydrogens is 342 g/mol. The van der Waals surface area contributed by atoms with Crippen LogP contribution in [0.2, 0.25) is 0 Å². The van der Waals surface area contributed by atoms with Crippen molar-refractivity contribution in [2.45, 2.75) is 64.0 Å². The number of nitrogens with one attached hydrogen (secondary N) is 1. The topological polar surface area (TPSA) is 45.2 Å². The number of hydrogen-bond donors (Lipinski definition) is 1. The smallest absolute Gasteiger partial charge is 0.234 e. The Morgan fingerprint density at radius 3 is 2.85 bits per heavy atom. The van der Waals surface area contributed by atoms with Crippen molar-refractivity contribution in [2.24, 2.45) is 5.92 Å². The van der Waals surface area contributed by atoms with E-state index in [2.05, 4.69) is 35.3 Å². The van der Waals surface area contributed by atoms with Gasteiger partial charge >= 0.3 is 0 Å². The van der Waals surface area contributed by atoms with Crippen molar-refractivity contribution in [1.82, 2.24) is 15.2 Å². The first-order valence-corrected chi connectivity index (χ1v) is 10.9. The molecule has 0 unspecified atom stereocenters. The summed E-state index contributed by atoms with van der Waals surface area (Å²) in [6.07, 6.45) is 8.42. The Morgan fingerprint density at radius 2 is 2.00 bits per heavy atom. The molecule has 5 heteroatoms. The van der Waals surface area contributed by atoms with Crippen LogP contribution in [0.5, 0.6) is 0 Å². The maximum Gasteiger partial charge on any atom is 0.234 e. The number of nitrogens with zero attached hydrogens (tertiary/aromatic N) is 2. The molecule has 0 spiro atoms. The molecule has 2 heterocycles. The van der Waals surface area contributed by atoms with Crippen LogP contribution in [0, 0.1) is 5.92 Å². The Bertz CT molecular complexity index is 726. The van der Waals surface area contributed by atoms with Crippen LogP contribution in [-0.4, -0.2) is 34.9 Å². The summed E-state index contributed by atoms with van der Waals surface area (Å²) >= 11 is 1.79. The summed E-state index contributed by atoms with van der Waals surface area (Å²) in [6, 6.07) is 8.99. The molecule has 1 aliphatic carbocycles. The van der Waals surface area contributed by atoms with Gasteiger partial charge in [-0.15, -0.1) is 11.3 Å². The lowest BCUT2D eigenvalue weighted by Crippen LogP contribution is -2.47. The SMILES string of the molecule is C[C@@H]1CCCC[C@@H]1NC(=O)CN1CCCC[C@@H]1c1nc2ccccc2s1. The van der Waals surface area contributed by atoms with Crippen LogP contribution in [0.3, 0.4) is 0 Å². The highest BCUT2D eigenvalue weighted by atomic mass is 32.1. The highest BCUT2D eigenvalue weighted by Gasteiger charge is 2.29. The Morgan fingerprint density at radius 1 is 1.19 bits per heavy atom. The fourth-order valence-electron chi connectivity index (χ4n) is 4.46. The lowest BCUT2D eigenvalue weighted by Gasteiger charge is -2.35.